The lowest BCUT2D eigenvalue weighted by Gasteiger charge is -2.35. The molecule has 0 atom stereocenters. The van der Waals surface area contributed by atoms with Crippen molar-refractivity contribution in [3.05, 3.63) is 235 Å². The Bertz CT molecular complexity index is 3000. The minimum atomic E-state index is -0.484. The van der Waals surface area contributed by atoms with Crippen molar-refractivity contribution in [3.8, 4) is 22.3 Å². The Kier molecular flexibility index (Phi) is 7.33. The molecular formula is C53H35NS. The molecule has 1 aromatic heterocycles. The van der Waals surface area contributed by atoms with Crippen molar-refractivity contribution in [1.82, 2.24) is 0 Å². The van der Waals surface area contributed by atoms with Crippen LogP contribution in [0, 0.1) is 0 Å². The van der Waals surface area contributed by atoms with Crippen molar-refractivity contribution < 1.29 is 0 Å². The van der Waals surface area contributed by atoms with Gasteiger partial charge in [0.05, 0.1) is 11.1 Å². The first kappa shape index (κ1) is 31.8. The maximum atomic E-state index is 2.45. The monoisotopic (exact) mass is 717 g/mol. The van der Waals surface area contributed by atoms with E-state index in [4.69, 9.17) is 0 Å². The van der Waals surface area contributed by atoms with Crippen LogP contribution in [0.25, 0.3) is 53.2 Å². The van der Waals surface area contributed by atoms with Crippen LogP contribution in [-0.4, -0.2) is 0 Å². The zero-order chi connectivity index (χ0) is 36.3. The van der Waals surface area contributed by atoms with Gasteiger partial charge in [0, 0.05) is 36.9 Å². The van der Waals surface area contributed by atoms with Crippen molar-refractivity contribution in [2.24, 2.45) is 0 Å². The molecule has 0 spiro atoms. The SMILES string of the molecule is c1ccc(C2(c3cccc(N(c4ccc(-c5cccc6c5sc5ccccc56)cc4)c4cccc5ccccc45)c3)c3ccccc3-c3ccccc32)cc1. The Hall–Kier alpha value is -6.74. The zero-order valence-electron chi connectivity index (χ0n) is 30.1. The molecule has 0 saturated heterocycles. The van der Waals surface area contributed by atoms with Crippen LogP contribution in [0.3, 0.4) is 0 Å². The molecule has 1 aliphatic carbocycles. The smallest absolute Gasteiger partial charge is 0.0714 e. The molecule has 11 rings (SSSR count). The Morgan fingerprint density at radius 2 is 0.964 bits per heavy atom. The van der Waals surface area contributed by atoms with E-state index in [1.165, 1.54) is 75.5 Å². The van der Waals surface area contributed by atoms with E-state index in [1.54, 1.807) is 0 Å². The molecule has 2 heteroatoms. The van der Waals surface area contributed by atoms with Crippen LogP contribution < -0.4 is 4.90 Å². The fraction of sp³-hybridized carbons (Fsp3) is 0.0189. The molecule has 0 N–H and O–H groups in total. The van der Waals surface area contributed by atoms with Gasteiger partial charge < -0.3 is 4.90 Å². The highest BCUT2D eigenvalue weighted by Gasteiger charge is 2.46. The summed E-state index contributed by atoms with van der Waals surface area (Å²) in [5.74, 6) is 0. The Balaban J connectivity index is 1.12. The highest BCUT2D eigenvalue weighted by molar-refractivity contribution is 7.26. The minimum absolute atomic E-state index is 0.484. The quantitative estimate of drug-likeness (QED) is 0.166. The van der Waals surface area contributed by atoms with Gasteiger partial charge in [0.1, 0.15) is 0 Å². The Morgan fingerprint density at radius 1 is 0.382 bits per heavy atom. The molecule has 1 aliphatic rings. The number of benzene rings is 9. The number of thiophene rings is 1. The van der Waals surface area contributed by atoms with E-state index >= 15 is 0 Å². The van der Waals surface area contributed by atoms with Gasteiger partial charge in [0.15, 0.2) is 0 Å². The molecule has 0 bridgehead atoms. The second kappa shape index (κ2) is 12.7. The summed E-state index contributed by atoms with van der Waals surface area (Å²) in [6.07, 6.45) is 0. The predicted octanol–water partition coefficient (Wildman–Crippen LogP) is 14.7. The van der Waals surface area contributed by atoms with E-state index in [-0.39, 0.29) is 0 Å². The third kappa shape index (κ3) is 4.85. The second-order valence-electron chi connectivity index (χ2n) is 14.4. The molecule has 1 heterocycles. The first-order chi connectivity index (χ1) is 27.3. The van der Waals surface area contributed by atoms with E-state index in [1.807, 2.05) is 11.3 Å². The fourth-order valence-electron chi connectivity index (χ4n) is 9.19. The standard InChI is InChI=1S/C53H35NS/c1-2-17-38(18-3-1)53(48-27-9-6-22-44(48)45-23-7-10-28-49(45)53)39-19-13-20-41(35-39)54(50-29-12-16-36-15-4-5-21-42(36)50)40-33-31-37(32-34-40)43-25-14-26-47-46-24-8-11-30-51(46)55-52(43)47/h1-35H. The number of hydrogen-bond acceptors (Lipinski definition) is 2. The number of anilines is 3. The first-order valence-corrected chi connectivity index (χ1v) is 19.7. The van der Waals surface area contributed by atoms with Crippen LogP contribution in [0.2, 0.25) is 0 Å². The highest BCUT2D eigenvalue weighted by atomic mass is 32.1. The lowest BCUT2D eigenvalue weighted by Crippen LogP contribution is -2.28. The fourth-order valence-corrected chi connectivity index (χ4v) is 10.4. The van der Waals surface area contributed by atoms with Gasteiger partial charge in [0.25, 0.3) is 0 Å². The number of nitrogens with zero attached hydrogens (tertiary/aromatic N) is 1. The van der Waals surface area contributed by atoms with Gasteiger partial charge in [-0.05, 0) is 86.3 Å². The van der Waals surface area contributed by atoms with E-state index in [9.17, 15) is 0 Å². The van der Waals surface area contributed by atoms with E-state index in [0.29, 0.717) is 0 Å². The molecule has 9 aromatic carbocycles. The Labute approximate surface area is 325 Å². The minimum Gasteiger partial charge on any atom is -0.310 e. The topological polar surface area (TPSA) is 3.24 Å². The molecule has 10 aromatic rings. The molecule has 0 radical (unpaired) electrons. The van der Waals surface area contributed by atoms with Crippen molar-refractivity contribution in [3.63, 3.8) is 0 Å². The summed E-state index contributed by atoms with van der Waals surface area (Å²) >= 11 is 1.88. The maximum absolute atomic E-state index is 2.45. The van der Waals surface area contributed by atoms with Crippen LogP contribution in [0.1, 0.15) is 22.3 Å². The molecule has 0 aliphatic heterocycles. The molecule has 0 fully saturated rings. The second-order valence-corrected chi connectivity index (χ2v) is 15.5. The van der Waals surface area contributed by atoms with Crippen LogP contribution in [-0.2, 0) is 5.41 Å². The van der Waals surface area contributed by atoms with Crippen molar-refractivity contribution in [2.45, 2.75) is 5.41 Å². The zero-order valence-corrected chi connectivity index (χ0v) is 30.9. The van der Waals surface area contributed by atoms with E-state index < -0.39 is 5.41 Å². The van der Waals surface area contributed by atoms with Gasteiger partial charge in [-0.1, -0.05) is 176 Å². The average Bonchev–Trinajstić information content (AvgIpc) is 3.79. The number of fused-ring (bicyclic) bond motifs is 7. The van der Waals surface area contributed by atoms with E-state index in [0.717, 1.165) is 17.1 Å². The van der Waals surface area contributed by atoms with Gasteiger partial charge in [-0.2, -0.15) is 0 Å². The summed E-state index contributed by atoms with van der Waals surface area (Å²) < 4.78 is 2.66. The van der Waals surface area contributed by atoms with Gasteiger partial charge in [-0.15, -0.1) is 11.3 Å². The summed E-state index contributed by atoms with van der Waals surface area (Å²) in [6.45, 7) is 0. The van der Waals surface area contributed by atoms with Gasteiger partial charge >= 0.3 is 0 Å². The van der Waals surface area contributed by atoms with Gasteiger partial charge in [0.2, 0.25) is 0 Å². The third-order valence-electron chi connectivity index (χ3n) is 11.5. The normalized spacial score (nSPS) is 12.9. The summed E-state index contributed by atoms with van der Waals surface area (Å²) in [6, 6.07) is 78.3. The summed E-state index contributed by atoms with van der Waals surface area (Å²) in [7, 11) is 0. The molecule has 0 saturated carbocycles. The van der Waals surface area contributed by atoms with Crippen LogP contribution in [0.4, 0.5) is 17.1 Å². The summed E-state index contributed by atoms with van der Waals surface area (Å²) in [4.78, 5) is 2.45. The number of hydrogen-bond donors (Lipinski definition) is 0. The average molecular weight is 718 g/mol. The summed E-state index contributed by atoms with van der Waals surface area (Å²) in [5.41, 5.74) is 13.1. The van der Waals surface area contributed by atoms with Gasteiger partial charge in [-0.3, -0.25) is 0 Å². The van der Waals surface area contributed by atoms with E-state index in [2.05, 4.69) is 217 Å². The van der Waals surface area contributed by atoms with Crippen molar-refractivity contribution in [2.75, 3.05) is 4.90 Å². The molecular weight excluding hydrogens is 683 g/mol. The van der Waals surface area contributed by atoms with Crippen LogP contribution >= 0.6 is 11.3 Å². The Morgan fingerprint density at radius 3 is 1.76 bits per heavy atom. The number of rotatable bonds is 6. The van der Waals surface area contributed by atoms with Crippen molar-refractivity contribution in [1.29, 1.82) is 0 Å². The van der Waals surface area contributed by atoms with Crippen LogP contribution in [0.15, 0.2) is 212 Å². The lowest BCUT2D eigenvalue weighted by atomic mass is 9.67. The third-order valence-corrected chi connectivity index (χ3v) is 12.8. The predicted molar refractivity (Wildman–Crippen MR) is 234 cm³/mol. The molecule has 55 heavy (non-hydrogen) atoms. The van der Waals surface area contributed by atoms with Crippen LogP contribution in [0.5, 0.6) is 0 Å². The molecule has 1 nitrogen and oxygen atoms in total. The highest BCUT2D eigenvalue weighted by Crippen LogP contribution is 2.56. The van der Waals surface area contributed by atoms with Crippen molar-refractivity contribution >= 4 is 59.3 Å². The largest absolute Gasteiger partial charge is 0.310 e. The first-order valence-electron chi connectivity index (χ1n) is 18.9. The lowest BCUT2D eigenvalue weighted by molar-refractivity contribution is 0.768. The molecule has 0 amide bonds. The summed E-state index contributed by atoms with van der Waals surface area (Å²) in [5, 5.41) is 5.07. The van der Waals surface area contributed by atoms with Gasteiger partial charge in [-0.25, -0.2) is 0 Å². The maximum Gasteiger partial charge on any atom is 0.0714 e. The molecule has 0 unspecified atom stereocenters. The molecule has 258 valence electrons.